The molecule has 0 atom stereocenters. The summed E-state index contributed by atoms with van der Waals surface area (Å²) in [5.74, 6) is 0. The Labute approximate surface area is 215 Å². The fraction of sp³-hybridized carbons (Fsp3) is 0.118. The summed E-state index contributed by atoms with van der Waals surface area (Å²) in [6.45, 7) is 8.50. The minimum absolute atomic E-state index is 1.12. The van der Waals surface area contributed by atoms with Crippen LogP contribution < -0.4 is 9.80 Å². The zero-order valence-corrected chi connectivity index (χ0v) is 21.4. The van der Waals surface area contributed by atoms with Gasteiger partial charge in [-0.15, -0.1) is 0 Å². The molecule has 0 bridgehead atoms. The lowest BCUT2D eigenvalue weighted by Gasteiger charge is -2.28. The van der Waals surface area contributed by atoms with Crippen molar-refractivity contribution in [3.05, 3.63) is 144 Å². The van der Waals surface area contributed by atoms with Crippen molar-refractivity contribution in [2.45, 2.75) is 27.7 Å². The van der Waals surface area contributed by atoms with Gasteiger partial charge >= 0.3 is 0 Å². The van der Waals surface area contributed by atoms with Gasteiger partial charge in [-0.2, -0.15) is 0 Å². The van der Waals surface area contributed by atoms with Crippen LogP contribution in [0.25, 0.3) is 0 Å². The van der Waals surface area contributed by atoms with E-state index < -0.39 is 0 Å². The average molecular weight is 469 g/mol. The highest BCUT2D eigenvalue weighted by molar-refractivity contribution is 5.81. The molecule has 0 saturated carbocycles. The van der Waals surface area contributed by atoms with Crippen LogP contribution in [-0.2, 0) is 0 Å². The third kappa shape index (κ3) is 5.04. The molecule has 0 radical (unpaired) electrons. The van der Waals surface area contributed by atoms with Crippen LogP contribution >= 0.6 is 0 Å². The first-order valence-electron chi connectivity index (χ1n) is 12.4. The Morgan fingerprint density at radius 2 is 0.389 bits per heavy atom. The summed E-state index contributed by atoms with van der Waals surface area (Å²) in [5.41, 5.74) is 11.8. The fourth-order valence-corrected chi connectivity index (χ4v) is 4.42. The van der Waals surface area contributed by atoms with E-state index in [1.165, 1.54) is 22.3 Å². The minimum Gasteiger partial charge on any atom is -0.311 e. The van der Waals surface area contributed by atoms with Gasteiger partial charge in [-0.3, -0.25) is 0 Å². The van der Waals surface area contributed by atoms with Crippen LogP contribution in [0.1, 0.15) is 22.3 Å². The van der Waals surface area contributed by atoms with E-state index in [1.54, 1.807) is 0 Å². The predicted octanol–water partition coefficient (Wildman–Crippen LogP) is 9.86. The van der Waals surface area contributed by atoms with Gasteiger partial charge in [-0.05, 0) is 100 Å². The molecular weight excluding hydrogens is 436 g/mol. The van der Waals surface area contributed by atoms with Gasteiger partial charge in [0.15, 0.2) is 0 Å². The van der Waals surface area contributed by atoms with Crippen molar-refractivity contribution in [1.82, 2.24) is 0 Å². The van der Waals surface area contributed by atoms with E-state index in [0.717, 1.165) is 34.1 Å². The van der Waals surface area contributed by atoms with Crippen LogP contribution in [-0.4, -0.2) is 0 Å². The lowest BCUT2D eigenvalue weighted by Crippen LogP contribution is -2.12. The summed E-state index contributed by atoms with van der Waals surface area (Å²) < 4.78 is 0. The normalized spacial score (nSPS) is 10.8. The maximum atomic E-state index is 2.31. The Morgan fingerprint density at radius 3 is 0.556 bits per heavy atom. The number of nitrogens with zero attached hydrogens (tertiary/aromatic N) is 2. The molecule has 0 aliphatic rings. The highest BCUT2D eigenvalue weighted by Crippen LogP contribution is 2.39. The van der Waals surface area contributed by atoms with Gasteiger partial charge in [0.1, 0.15) is 0 Å². The lowest BCUT2D eigenvalue weighted by atomic mass is 10.1. The van der Waals surface area contributed by atoms with Crippen LogP contribution in [0.2, 0.25) is 0 Å². The number of aryl methyl sites for hydroxylation is 4. The summed E-state index contributed by atoms with van der Waals surface area (Å²) in [5, 5.41) is 0. The lowest BCUT2D eigenvalue weighted by molar-refractivity contribution is 1.24. The van der Waals surface area contributed by atoms with Gasteiger partial charge in [0.05, 0.1) is 0 Å². The maximum absolute atomic E-state index is 2.31. The summed E-state index contributed by atoms with van der Waals surface area (Å²) in [6.07, 6.45) is 0. The van der Waals surface area contributed by atoms with Crippen molar-refractivity contribution in [3.63, 3.8) is 0 Å². The van der Waals surface area contributed by atoms with Gasteiger partial charge in [0.25, 0.3) is 0 Å². The second-order valence-corrected chi connectivity index (χ2v) is 9.53. The molecule has 0 aliphatic heterocycles. The Hall–Kier alpha value is -4.30. The summed E-state index contributed by atoms with van der Waals surface area (Å²) in [7, 11) is 0. The van der Waals surface area contributed by atoms with Gasteiger partial charge in [-0.1, -0.05) is 70.8 Å². The molecule has 0 aromatic heterocycles. The average Bonchev–Trinajstić information content (AvgIpc) is 2.90. The zero-order valence-electron chi connectivity index (χ0n) is 21.4. The highest BCUT2D eigenvalue weighted by atomic mass is 15.2. The van der Waals surface area contributed by atoms with Crippen molar-refractivity contribution in [2.24, 2.45) is 0 Å². The number of hydrogen-bond donors (Lipinski definition) is 0. The number of anilines is 6. The molecule has 0 aliphatic carbocycles. The Kier molecular flexibility index (Phi) is 6.60. The molecule has 0 saturated heterocycles. The summed E-state index contributed by atoms with van der Waals surface area (Å²) >= 11 is 0. The molecule has 178 valence electrons. The summed E-state index contributed by atoms with van der Waals surface area (Å²) in [6, 6.07) is 43.7. The van der Waals surface area contributed by atoms with E-state index in [-0.39, 0.29) is 0 Å². The molecular formula is C34H32N2. The molecule has 0 unspecified atom stereocenters. The van der Waals surface area contributed by atoms with E-state index in [1.807, 2.05) is 0 Å². The Bertz CT molecular complexity index is 1210. The van der Waals surface area contributed by atoms with E-state index in [2.05, 4.69) is 159 Å². The molecule has 2 heteroatoms. The molecule has 5 aromatic carbocycles. The fourth-order valence-electron chi connectivity index (χ4n) is 4.42. The molecule has 0 heterocycles. The molecule has 0 fully saturated rings. The second kappa shape index (κ2) is 10.1. The zero-order chi connectivity index (χ0) is 25.1. The van der Waals surface area contributed by atoms with Gasteiger partial charge in [0.2, 0.25) is 0 Å². The van der Waals surface area contributed by atoms with E-state index >= 15 is 0 Å². The first-order chi connectivity index (χ1) is 17.5. The van der Waals surface area contributed by atoms with Crippen LogP contribution in [0.5, 0.6) is 0 Å². The largest absolute Gasteiger partial charge is 0.311 e. The monoisotopic (exact) mass is 468 g/mol. The van der Waals surface area contributed by atoms with Crippen LogP contribution in [0.15, 0.2) is 121 Å². The maximum Gasteiger partial charge on any atom is 0.0463 e. The quantitative estimate of drug-likeness (QED) is 0.245. The SMILES string of the molecule is Cc1ccc(N(c2ccc(C)cc2)c2ccc(N(c3ccc(C)cc3)c3ccc(C)cc3)cc2)cc1. The summed E-state index contributed by atoms with van der Waals surface area (Å²) in [4.78, 5) is 4.62. The molecule has 0 spiro atoms. The Morgan fingerprint density at radius 1 is 0.250 bits per heavy atom. The number of rotatable bonds is 6. The third-order valence-corrected chi connectivity index (χ3v) is 6.53. The molecule has 2 nitrogen and oxygen atoms in total. The van der Waals surface area contributed by atoms with Gasteiger partial charge in [-0.25, -0.2) is 0 Å². The van der Waals surface area contributed by atoms with Crippen LogP contribution in [0, 0.1) is 27.7 Å². The van der Waals surface area contributed by atoms with Crippen LogP contribution in [0.3, 0.4) is 0 Å². The smallest absolute Gasteiger partial charge is 0.0463 e. The third-order valence-electron chi connectivity index (χ3n) is 6.53. The van der Waals surface area contributed by atoms with E-state index in [9.17, 15) is 0 Å². The van der Waals surface area contributed by atoms with Crippen molar-refractivity contribution in [3.8, 4) is 0 Å². The molecule has 36 heavy (non-hydrogen) atoms. The van der Waals surface area contributed by atoms with E-state index in [4.69, 9.17) is 0 Å². The van der Waals surface area contributed by atoms with E-state index in [0.29, 0.717) is 0 Å². The van der Waals surface area contributed by atoms with Crippen molar-refractivity contribution >= 4 is 34.1 Å². The predicted molar refractivity (Wildman–Crippen MR) is 155 cm³/mol. The topological polar surface area (TPSA) is 6.48 Å². The first-order valence-corrected chi connectivity index (χ1v) is 12.4. The molecule has 5 rings (SSSR count). The molecule has 0 amide bonds. The van der Waals surface area contributed by atoms with Crippen molar-refractivity contribution < 1.29 is 0 Å². The van der Waals surface area contributed by atoms with Crippen molar-refractivity contribution in [2.75, 3.05) is 9.80 Å². The first kappa shape index (κ1) is 23.4. The second-order valence-electron chi connectivity index (χ2n) is 9.53. The number of hydrogen-bond acceptors (Lipinski definition) is 2. The van der Waals surface area contributed by atoms with Gasteiger partial charge < -0.3 is 9.80 Å². The molecule has 0 N–H and O–H groups in total. The highest BCUT2D eigenvalue weighted by Gasteiger charge is 2.16. The standard InChI is InChI=1S/C34H32N2/c1-25-5-13-29(14-6-25)35(30-15-7-26(2)8-16-30)33-21-23-34(24-22-33)36(31-17-9-27(3)10-18-31)32-19-11-28(4)12-20-32/h5-24H,1-4H3. The molecule has 5 aromatic rings. The van der Waals surface area contributed by atoms with Crippen LogP contribution in [0.4, 0.5) is 34.1 Å². The Balaban J connectivity index is 1.57. The van der Waals surface area contributed by atoms with Gasteiger partial charge in [0, 0.05) is 34.1 Å². The van der Waals surface area contributed by atoms with Crippen molar-refractivity contribution in [1.29, 1.82) is 0 Å². The minimum atomic E-state index is 1.12. The number of benzene rings is 5.